The summed E-state index contributed by atoms with van der Waals surface area (Å²) in [5, 5.41) is 4.03. The van der Waals surface area contributed by atoms with Gasteiger partial charge in [0.25, 0.3) is 0 Å². The average Bonchev–Trinajstić information content (AvgIpc) is 2.77. The fourth-order valence-electron chi connectivity index (χ4n) is 3.30. The molecule has 0 aromatic carbocycles. The fraction of sp³-hybridized carbons (Fsp3) is 0.455. The molecule has 5 nitrogen and oxygen atoms in total. The van der Waals surface area contributed by atoms with Crippen molar-refractivity contribution in [1.29, 1.82) is 0 Å². The van der Waals surface area contributed by atoms with Crippen LogP contribution in [0.2, 0.25) is 0 Å². The van der Waals surface area contributed by atoms with Gasteiger partial charge in [-0.1, -0.05) is 32.2 Å². The molecule has 3 rings (SSSR count). The maximum absolute atomic E-state index is 13.3. The van der Waals surface area contributed by atoms with Gasteiger partial charge in [-0.3, -0.25) is 9.97 Å². The van der Waals surface area contributed by atoms with Crippen LogP contribution >= 0.6 is 11.8 Å². The quantitative estimate of drug-likeness (QED) is 0.574. The van der Waals surface area contributed by atoms with E-state index in [-0.39, 0.29) is 12.0 Å². The molecule has 1 aliphatic rings. The molecule has 2 aromatic heterocycles. The number of hydrogen-bond donors (Lipinski definition) is 1. The van der Waals surface area contributed by atoms with Gasteiger partial charge in [0, 0.05) is 36.9 Å². The molecule has 31 heavy (non-hydrogen) atoms. The summed E-state index contributed by atoms with van der Waals surface area (Å²) in [7, 11) is 0. The number of pyridine rings is 2. The van der Waals surface area contributed by atoms with E-state index in [1.165, 1.54) is 17.8 Å². The molecule has 1 saturated heterocycles. The van der Waals surface area contributed by atoms with Gasteiger partial charge in [0.15, 0.2) is 0 Å². The van der Waals surface area contributed by atoms with Crippen LogP contribution in [0.5, 0.6) is 5.75 Å². The minimum absolute atomic E-state index is 0.000220. The van der Waals surface area contributed by atoms with Crippen LogP contribution in [-0.2, 0) is 6.18 Å². The molecule has 168 valence electrons. The molecule has 2 atom stereocenters. The van der Waals surface area contributed by atoms with Crippen molar-refractivity contribution in [3.63, 3.8) is 0 Å². The molecular weight excluding hydrogens is 425 g/mol. The maximum atomic E-state index is 13.3. The van der Waals surface area contributed by atoms with Crippen LogP contribution in [0.25, 0.3) is 0 Å². The highest BCUT2D eigenvalue weighted by atomic mass is 32.2. The number of piperazine rings is 1. The number of nitrogens with zero attached hydrogens (tertiary/aromatic N) is 3. The van der Waals surface area contributed by atoms with Gasteiger partial charge in [-0.2, -0.15) is 13.2 Å². The highest BCUT2D eigenvalue weighted by molar-refractivity contribution is 8.03. The predicted octanol–water partition coefficient (Wildman–Crippen LogP) is 4.93. The summed E-state index contributed by atoms with van der Waals surface area (Å²) in [6, 6.07) is 4.83. The van der Waals surface area contributed by atoms with E-state index in [4.69, 9.17) is 4.74 Å². The number of ether oxygens (including phenoxy) is 1. The van der Waals surface area contributed by atoms with Crippen LogP contribution in [0.1, 0.15) is 37.4 Å². The number of alkyl halides is 3. The van der Waals surface area contributed by atoms with E-state index in [0.29, 0.717) is 41.1 Å². The molecule has 0 saturated carbocycles. The summed E-state index contributed by atoms with van der Waals surface area (Å²) in [5.41, 5.74) is -0.0773. The third-order valence-corrected chi connectivity index (χ3v) is 6.28. The Kier molecular flexibility index (Phi) is 7.83. The maximum Gasteiger partial charge on any atom is 0.417 e. The largest absolute Gasteiger partial charge is 0.490 e. The normalized spacial score (nSPS) is 18.0. The van der Waals surface area contributed by atoms with Crippen LogP contribution in [0.4, 0.5) is 13.2 Å². The molecule has 1 N–H and O–H groups in total. The first kappa shape index (κ1) is 23.4. The second-order valence-electron chi connectivity index (χ2n) is 7.46. The lowest BCUT2D eigenvalue weighted by atomic mass is 10.0. The molecule has 0 radical (unpaired) electrons. The van der Waals surface area contributed by atoms with Gasteiger partial charge in [-0.05, 0) is 30.5 Å². The Morgan fingerprint density at radius 1 is 1.42 bits per heavy atom. The number of hydrogen-bond acceptors (Lipinski definition) is 6. The molecular formula is C22H27F3N4OS. The van der Waals surface area contributed by atoms with Gasteiger partial charge in [0.2, 0.25) is 0 Å². The SMILES string of the molecule is C=C(Sc1cc(C(F)(F)F)cnc1C(C)CC)N1CCNCC1COc1cccnc1. The van der Waals surface area contributed by atoms with E-state index < -0.39 is 11.7 Å². The van der Waals surface area contributed by atoms with Crippen LogP contribution in [0.15, 0.2) is 53.3 Å². The summed E-state index contributed by atoms with van der Waals surface area (Å²) in [6.07, 6.45) is 0.596. The summed E-state index contributed by atoms with van der Waals surface area (Å²) in [5.74, 6) is 0.720. The van der Waals surface area contributed by atoms with Crippen molar-refractivity contribution in [2.24, 2.45) is 0 Å². The third-order valence-electron chi connectivity index (χ3n) is 5.26. The Morgan fingerprint density at radius 3 is 2.90 bits per heavy atom. The van der Waals surface area contributed by atoms with Crippen LogP contribution in [0.3, 0.4) is 0 Å². The molecule has 0 aliphatic carbocycles. The van der Waals surface area contributed by atoms with Crippen molar-refractivity contribution >= 4 is 11.8 Å². The Morgan fingerprint density at radius 2 is 2.23 bits per heavy atom. The molecule has 1 aliphatic heterocycles. The lowest BCUT2D eigenvalue weighted by molar-refractivity contribution is -0.138. The van der Waals surface area contributed by atoms with Crippen molar-refractivity contribution < 1.29 is 17.9 Å². The fourth-order valence-corrected chi connectivity index (χ4v) is 4.46. The zero-order chi connectivity index (χ0) is 22.4. The van der Waals surface area contributed by atoms with E-state index >= 15 is 0 Å². The van der Waals surface area contributed by atoms with E-state index in [1.807, 2.05) is 19.9 Å². The first-order valence-electron chi connectivity index (χ1n) is 10.2. The van der Waals surface area contributed by atoms with E-state index in [1.54, 1.807) is 18.5 Å². The lowest BCUT2D eigenvalue weighted by Crippen LogP contribution is -2.52. The second kappa shape index (κ2) is 10.4. The molecule has 2 unspecified atom stereocenters. The van der Waals surface area contributed by atoms with Gasteiger partial charge in [-0.25, -0.2) is 0 Å². The Balaban J connectivity index is 1.77. The predicted molar refractivity (Wildman–Crippen MR) is 116 cm³/mol. The van der Waals surface area contributed by atoms with Gasteiger partial charge < -0.3 is 15.0 Å². The standard InChI is InChI=1S/C22H27F3N4OS/c1-4-15(2)21-20(10-17(11-28-21)22(23,24)25)31-16(3)29-9-8-27-12-18(29)14-30-19-6-5-7-26-13-19/h5-7,10-11,13,15,18,27H,3-4,8-9,12,14H2,1-2H3. The van der Waals surface area contributed by atoms with Gasteiger partial charge in [-0.15, -0.1) is 0 Å². The topological polar surface area (TPSA) is 50.3 Å². The van der Waals surface area contributed by atoms with Crippen LogP contribution in [-0.4, -0.2) is 47.2 Å². The van der Waals surface area contributed by atoms with Crippen LogP contribution in [0, 0.1) is 0 Å². The smallest absolute Gasteiger partial charge is 0.417 e. The minimum Gasteiger partial charge on any atom is -0.490 e. The summed E-state index contributed by atoms with van der Waals surface area (Å²) in [6.45, 7) is 10.7. The average molecular weight is 453 g/mol. The first-order chi connectivity index (χ1) is 14.8. The molecule has 2 aromatic rings. The zero-order valence-corrected chi connectivity index (χ0v) is 18.5. The molecule has 3 heterocycles. The summed E-state index contributed by atoms with van der Waals surface area (Å²) < 4.78 is 45.7. The lowest BCUT2D eigenvalue weighted by Gasteiger charge is -2.38. The van der Waals surface area contributed by atoms with Crippen molar-refractivity contribution in [2.75, 3.05) is 26.2 Å². The van der Waals surface area contributed by atoms with Crippen molar-refractivity contribution in [3.8, 4) is 5.75 Å². The van der Waals surface area contributed by atoms with Crippen molar-refractivity contribution in [1.82, 2.24) is 20.2 Å². The summed E-state index contributed by atoms with van der Waals surface area (Å²) >= 11 is 1.25. The molecule has 0 amide bonds. The Hall–Kier alpha value is -2.26. The Bertz CT molecular complexity index is 879. The van der Waals surface area contributed by atoms with E-state index in [2.05, 4.69) is 26.8 Å². The highest BCUT2D eigenvalue weighted by Gasteiger charge is 2.33. The molecule has 1 fully saturated rings. The first-order valence-corrected chi connectivity index (χ1v) is 11.0. The number of thioether (sulfide) groups is 1. The van der Waals surface area contributed by atoms with Gasteiger partial charge >= 0.3 is 6.18 Å². The third kappa shape index (κ3) is 6.13. The van der Waals surface area contributed by atoms with Crippen molar-refractivity contribution in [3.05, 3.63) is 59.7 Å². The van der Waals surface area contributed by atoms with Crippen LogP contribution < -0.4 is 10.1 Å². The van der Waals surface area contributed by atoms with Crippen molar-refractivity contribution in [2.45, 2.75) is 43.3 Å². The van der Waals surface area contributed by atoms with E-state index in [0.717, 1.165) is 19.2 Å². The molecule has 9 heteroatoms. The molecule has 0 bridgehead atoms. The van der Waals surface area contributed by atoms with E-state index in [9.17, 15) is 13.2 Å². The monoisotopic (exact) mass is 452 g/mol. The number of nitrogens with one attached hydrogen (secondary N) is 1. The van der Waals surface area contributed by atoms with Gasteiger partial charge in [0.1, 0.15) is 12.4 Å². The molecule has 0 spiro atoms. The van der Waals surface area contributed by atoms with Gasteiger partial charge in [0.05, 0.1) is 28.5 Å². The zero-order valence-electron chi connectivity index (χ0n) is 17.7. The Labute approximate surface area is 185 Å². The highest BCUT2D eigenvalue weighted by Crippen LogP contribution is 2.39. The minimum atomic E-state index is -4.44. The number of halogens is 3. The number of rotatable bonds is 8. The summed E-state index contributed by atoms with van der Waals surface area (Å²) in [4.78, 5) is 10.8. The second-order valence-corrected chi connectivity index (χ2v) is 8.58. The number of aromatic nitrogens is 2.